The molecule has 0 bridgehead atoms. The molecule has 0 aliphatic carbocycles. The standard InChI is InChI=1S/C12H18N2O2S2/c1-7-10(18-12(17)13-7)6-11(15)14(3)9-4-5-16-8(9)2/h8-9H,4-6H2,1-3H3,(H,13,17). The first kappa shape index (κ1) is 13.7. The summed E-state index contributed by atoms with van der Waals surface area (Å²) in [4.78, 5) is 18.2. The minimum absolute atomic E-state index is 0.129. The third kappa shape index (κ3) is 2.81. The van der Waals surface area contributed by atoms with Crippen molar-refractivity contribution in [2.45, 2.75) is 38.8 Å². The number of amides is 1. The predicted molar refractivity (Wildman–Crippen MR) is 74.5 cm³/mol. The van der Waals surface area contributed by atoms with E-state index < -0.39 is 0 Å². The number of hydrogen-bond acceptors (Lipinski definition) is 4. The van der Waals surface area contributed by atoms with Crippen molar-refractivity contribution in [1.82, 2.24) is 9.88 Å². The number of thiazole rings is 1. The van der Waals surface area contributed by atoms with Gasteiger partial charge in [0.15, 0.2) is 3.95 Å². The number of nitrogens with zero attached hydrogens (tertiary/aromatic N) is 1. The summed E-state index contributed by atoms with van der Waals surface area (Å²) in [6.07, 6.45) is 1.47. The molecule has 1 N–H and O–H groups in total. The molecule has 18 heavy (non-hydrogen) atoms. The minimum Gasteiger partial charge on any atom is -0.376 e. The summed E-state index contributed by atoms with van der Waals surface area (Å²) >= 11 is 6.57. The van der Waals surface area contributed by atoms with E-state index in [1.165, 1.54) is 11.3 Å². The maximum atomic E-state index is 12.2. The number of aromatic amines is 1. The molecule has 0 spiro atoms. The number of aromatic nitrogens is 1. The number of carbonyl (C=O) groups excluding carboxylic acids is 1. The van der Waals surface area contributed by atoms with E-state index in [2.05, 4.69) is 4.98 Å². The first-order valence-electron chi connectivity index (χ1n) is 6.05. The van der Waals surface area contributed by atoms with Crippen LogP contribution in [0.15, 0.2) is 0 Å². The highest BCUT2D eigenvalue weighted by atomic mass is 32.1. The van der Waals surface area contributed by atoms with Crippen molar-refractivity contribution in [2.24, 2.45) is 0 Å². The number of hydrogen-bond donors (Lipinski definition) is 1. The van der Waals surface area contributed by atoms with Crippen LogP contribution in [0.5, 0.6) is 0 Å². The summed E-state index contributed by atoms with van der Waals surface area (Å²) in [5.41, 5.74) is 1.00. The van der Waals surface area contributed by atoms with Gasteiger partial charge in [-0.2, -0.15) is 0 Å². The highest BCUT2D eigenvalue weighted by molar-refractivity contribution is 7.73. The first-order valence-corrected chi connectivity index (χ1v) is 7.27. The second-order valence-corrected chi connectivity index (χ2v) is 6.45. The lowest BCUT2D eigenvalue weighted by Crippen LogP contribution is -2.41. The van der Waals surface area contributed by atoms with Crippen LogP contribution in [-0.4, -0.2) is 41.6 Å². The summed E-state index contributed by atoms with van der Waals surface area (Å²) in [6, 6.07) is 0.199. The molecule has 1 aromatic heterocycles. The Labute approximate surface area is 116 Å². The van der Waals surface area contributed by atoms with Crippen molar-refractivity contribution in [3.63, 3.8) is 0 Å². The molecule has 1 aromatic rings. The third-order valence-electron chi connectivity index (χ3n) is 3.46. The van der Waals surface area contributed by atoms with Gasteiger partial charge in [-0.25, -0.2) is 0 Å². The van der Waals surface area contributed by atoms with Crippen molar-refractivity contribution < 1.29 is 9.53 Å². The van der Waals surface area contributed by atoms with Crippen LogP contribution in [0.4, 0.5) is 0 Å². The molecule has 100 valence electrons. The highest BCUT2D eigenvalue weighted by Gasteiger charge is 2.30. The Morgan fingerprint density at radius 1 is 1.67 bits per heavy atom. The Morgan fingerprint density at radius 3 is 2.89 bits per heavy atom. The molecule has 1 aliphatic rings. The Bertz CT molecular complexity index is 495. The number of ether oxygens (including phenoxy) is 1. The summed E-state index contributed by atoms with van der Waals surface area (Å²) in [6.45, 7) is 4.72. The van der Waals surface area contributed by atoms with Crippen molar-refractivity contribution in [2.75, 3.05) is 13.7 Å². The van der Waals surface area contributed by atoms with Gasteiger partial charge in [-0.05, 0) is 32.5 Å². The lowest BCUT2D eigenvalue weighted by atomic mass is 10.1. The van der Waals surface area contributed by atoms with Gasteiger partial charge >= 0.3 is 0 Å². The van der Waals surface area contributed by atoms with Gasteiger partial charge in [0.05, 0.1) is 18.6 Å². The van der Waals surface area contributed by atoms with Crippen LogP contribution in [0.25, 0.3) is 0 Å². The largest absolute Gasteiger partial charge is 0.376 e. The zero-order valence-electron chi connectivity index (χ0n) is 10.9. The second kappa shape index (κ2) is 5.50. The fourth-order valence-corrected chi connectivity index (χ4v) is 3.56. The van der Waals surface area contributed by atoms with E-state index in [0.717, 1.165) is 27.6 Å². The molecule has 0 aromatic carbocycles. The number of likely N-dealkylation sites (N-methyl/N-ethyl adjacent to an activating group) is 1. The number of nitrogens with one attached hydrogen (secondary N) is 1. The molecular weight excluding hydrogens is 268 g/mol. The number of aryl methyl sites for hydroxylation is 1. The summed E-state index contributed by atoms with van der Waals surface area (Å²) in [5.74, 6) is 0.130. The van der Waals surface area contributed by atoms with Crippen LogP contribution in [-0.2, 0) is 16.0 Å². The lowest BCUT2D eigenvalue weighted by Gasteiger charge is -2.26. The highest BCUT2D eigenvalue weighted by Crippen LogP contribution is 2.21. The third-order valence-corrected chi connectivity index (χ3v) is 4.80. The Hall–Kier alpha value is -0.720. The van der Waals surface area contributed by atoms with Crippen LogP contribution in [0.3, 0.4) is 0 Å². The molecule has 2 rings (SSSR count). The molecule has 6 heteroatoms. The molecule has 1 amide bonds. The van der Waals surface area contributed by atoms with E-state index in [9.17, 15) is 4.79 Å². The fraction of sp³-hybridized carbons (Fsp3) is 0.667. The molecule has 2 heterocycles. The van der Waals surface area contributed by atoms with E-state index >= 15 is 0 Å². The van der Waals surface area contributed by atoms with E-state index in [0.29, 0.717) is 6.42 Å². The van der Waals surface area contributed by atoms with Crippen molar-refractivity contribution >= 4 is 29.5 Å². The molecule has 2 atom stereocenters. The topological polar surface area (TPSA) is 45.3 Å². The zero-order valence-corrected chi connectivity index (χ0v) is 12.5. The maximum absolute atomic E-state index is 12.2. The van der Waals surface area contributed by atoms with Crippen LogP contribution < -0.4 is 0 Å². The van der Waals surface area contributed by atoms with Crippen LogP contribution in [0, 0.1) is 10.9 Å². The number of H-pyrrole nitrogens is 1. The Balaban J connectivity index is 2.03. The summed E-state index contributed by atoms with van der Waals surface area (Å²) < 4.78 is 6.23. The number of rotatable bonds is 3. The first-order chi connectivity index (χ1) is 8.49. The summed E-state index contributed by atoms with van der Waals surface area (Å²) in [5, 5.41) is 0. The van der Waals surface area contributed by atoms with Gasteiger partial charge in [0, 0.05) is 24.2 Å². The molecule has 0 saturated carbocycles. The van der Waals surface area contributed by atoms with Gasteiger partial charge in [-0.15, -0.1) is 11.3 Å². The van der Waals surface area contributed by atoms with Gasteiger partial charge in [-0.3, -0.25) is 4.79 Å². The van der Waals surface area contributed by atoms with Gasteiger partial charge < -0.3 is 14.6 Å². The van der Waals surface area contributed by atoms with E-state index in [1.807, 2.05) is 25.8 Å². The normalized spacial score (nSPS) is 23.3. The SMILES string of the molecule is Cc1[nH]c(=S)sc1CC(=O)N(C)C1CCOC1C. The van der Waals surface area contributed by atoms with Gasteiger partial charge in [-0.1, -0.05) is 0 Å². The molecule has 1 fully saturated rings. The molecule has 0 radical (unpaired) electrons. The van der Waals surface area contributed by atoms with Crippen LogP contribution >= 0.6 is 23.6 Å². The van der Waals surface area contributed by atoms with Crippen molar-refractivity contribution in [1.29, 1.82) is 0 Å². The lowest BCUT2D eigenvalue weighted by molar-refractivity contribution is -0.132. The molecule has 4 nitrogen and oxygen atoms in total. The monoisotopic (exact) mass is 286 g/mol. The molecular formula is C12H18N2O2S2. The number of carbonyl (C=O) groups is 1. The van der Waals surface area contributed by atoms with Gasteiger partial charge in [0.25, 0.3) is 0 Å². The van der Waals surface area contributed by atoms with Gasteiger partial charge in [0.1, 0.15) is 0 Å². The quantitative estimate of drug-likeness (QED) is 0.867. The van der Waals surface area contributed by atoms with Crippen LogP contribution in [0.2, 0.25) is 0 Å². The second-order valence-electron chi connectivity index (χ2n) is 4.68. The Morgan fingerprint density at radius 2 is 2.39 bits per heavy atom. The molecule has 2 unspecified atom stereocenters. The average molecular weight is 286 g/mol. The average Bonchev–Trinajstić information content (AvgIpc) is 2.85. The maximum Gasteiger partial charge on any atom is 0.227 e. The van der Waals surface area contributed by atoms with E-state index in [-0.39, 0.29) is 18.1 Å². The minimum atomic E-state index is 0.129. The van der Waals surface area contributed by atoms with Crippen molar-refractivity contribution in [3.8, 4) is 0 Å². The predicted octanol–water partition coefficient (Wildman–Crippen LogP) is 2.29. The molecule has 1 aliphatic heterocycles. The fourth-order valence-electron chi connectivity index (χ4n) is 2.28. The zero-order chi connectivity index (χ0) is 13.3. The van der Waals surface area contributed by atoms with Crippen LogP contribution in [0.1, 0.15) is 23.9 Å². The van der Waals surface area contributed by atoms with E-state index in [1.54, 1.807) is 0 Å². The summed E-state index contributed by atoms with van der Waals surface area (Å²) in [7, 11) is 1.86. The van der Waals surface area contributed by atoms with Crippen molar-refractivity contribution in [3.05, 3.63) is 14.5 Å². The smallest absolute Gasteiger partial charge is 0.227 e. The van der Waals surface area contributed by atoms with Gasteiger partial charge in [0.2, 0.25) is 5.91 Å². The van der Waals surface area contributed by atoms with E-state index in [4.69, 9.17) is 17.0 Å². The Kier molecular flexibility index (Phi) is 4.19. The molecule has 1 saturated heterocycles.